The van der Waals surface area contributed by atoms with Crippen LogP contribution in [0.4, 0.5) is 5.69 Å². The average Bonchev–Trinajstić information content (AvgIpc) is 3.23. The molecule has 3 rings (SSSR count). The molecule has 1 aromatic carbocycles. The zero-order valence-electron chi connectivity index (χ0n) is 13.8. The quantitative estimate of drug-likeness (QED) is 0.673. The second-order valence-electron chi connectivity index (χ2n) is 6.54. The minimum atomic E-state index is -0.342. The first kappa shape index (κ1) is 16.9. The molecule has 0 radical (unpaired) electrons. The molecule has 2 amide bonds. The Hall–Kier alpha value is -1.92. The highest BCUT2D eigenvalue weighted by molar-refractivity contribution is 5.94. The van der Waals surface area contributed by atoms with Gasteiger partial charge >= 0.3 is 0 Å². The third kappa shape index (κ3) is 5.32. The lowest BCUT2D eigenvalue weighted by Gasteiger charge is -2.12. The van der Waals surface area contributed by atoms with Crippen LogP contribution >= 0.6 is 0 Å². The van der Waals surface area contributed by atoms with E-state index < -0.39 is 0 Å². The largest absolute Gasteiger partial charge is 0.368 e. The Balaban J connectivity index is 1.42. The van der Waals surface area contributed by atoms with E-state index in [2.05, 4.69) is 16.0 Å². The maximum atomic E-state index is 12.1. The topological polar surface area (TPSA) is 79.5 Å². The molecule has 24 heavy (non-hydrogen) atoms. The van der Waals surface area contributed by atoms with Gasteiger partial charge in [-0.15, -0.1) is 0 Å². The molecule has 2 fully saturated rings. The summed E-state index contributed by atoms with van der Waals surface area (Å²) in [5, 5.41) is 8.94. The van der Waals surface area contributed by atoms with Gasteiger partial charge in [0.15, 0.2) is 0 Å². The van der Waals surface area contributed by atoms with E-state index in [1.807, 2.05) is 24.3 Å². The van der Waals surface area contributed by atoms with Crippen LogP contribution in [0.3, 0.4) is 0 Å². The third-order valence-electron chi connectivity index (χ3n) is 4.32. The van der Waals surface area contributed by atoms with E-state index in [1.54, 1.807) is 0 Å². The number of hydrogen-bond acceptors (Lipinski definition) is 4. The number of nitrogens with one attached hydrogen (secondary N) is 3. The van der Waals surface area contributed by atoms with Crippen molar-refractivity contribution in [3.8, 4) is 0 Å². The maximum absolute atomic E-state index is 12.1. The van der Waals surface area contributed by atoms with Crippen LogP contribution in [-0.2, 0) is 20.9 Å². The van der Waals surface area contributed by atoms with Crippen LogP contribution in [0, 0.1) is 5.92 Å². The van der Waals surface area contributed by atoms with E-state index in [9.17, 15) is 9.59 Å². The highest BCUT2D eigenvalue weighted by Gasteiger charge is 2.23. The maximum Gasteiger partial charge on any atom is 0.253 e. The summed E-state index contributed by atoms with van der Waals surface area (Å²) in [5.41, 5.74) is 1.68. The standard InChI is InChI=1S/C18H25N3O3/c22-17(12-19-10-13-6-7-13)20-11-14-3-1-4-15(9-14)21-18(23)16-5-2-8-24-16/h1,3-4,9,13,16,19H,2,5-8,10-12H2,(H,20,22)(H,21,23). The lowest BCUT2D eigenvalue weighted by atomic mass is 10.2. The summed E-state index contributed by atoms with van der Waals surface area (Å²) in [7, 11) is 0. The zero-order valence-corrected chi connectivity index (χ0v) is 13.8. The molecule has 1 atom stereocenters. The second-order valence-corrected chi connectivity index (χ2v) is 6.54. The van der Waals surface area contributed by atoms with E-state index in [-0.39, 0.29) is 17.9 Å². The Morgan fingerprint density at radius 2 is 2.08 bits per heavy atom. The van der Waals surface area contributed by atoms with Crippen molar-refractivity contribution in [1.29, 1.82) is 0 Å². The number of ether oxygens (including phenoxy) is 1. The van der Waals surface area contributed by atoms with E-state index in [1.165, 1.54) is 12.8 Å². The summed E-state index contributed by atoms with van der Waals surface area (Å²) >= 11 is 0. The van der Waals surface area contributed by atoms with Crippen LogP contribution in [-0.4, -0.2) is 37.6 Å². The van der Waals surface area contributed by atoms with Gasteiger partial charge in [0, 0.05) is 18.8 Å². The van der Waals surface area contributed by atoms with Crippen LogP contribution < -0.4 is 16.0 Å². The second kappa shape index (κ2) is 8.26. The van der Waals surface area contributed by atoms with Crippen LogP contribution in [0.1, 0.15) is 31.2 Å². The first-order valence-corrected chi connectivity index (χ1v) is 8.69. The van der Waals surface area contributed by atoms with Crippen LogP contribution in [0.5, 0.6) is 0 Å². The van der Waals surface area contributed by atoms with Gasteiger partial charge in [-0.2, -0.15) is 0 Å². The van der Waals surface area contributed by atoms with Gasteiger partial charge in [-0.25, -0.2) is 0 Å². The Kier molecular flexibility index (Phi) is 5.82. The summed E-state index contributed by atoms with van der Waals surface area (Å²) in [4.78, 5) is 23.9. The predicted molar refractivity (Wildman–Crippen MR) is 91.5 cm³/mol. The van der Waals surface area contributed by atoms with Crippen LogP contribution in [0.2, 0.25) is 0 Å². The van der Waals surface area contributed by atoms with Crippen molar-refractivity contribution in [2.45, 2.75) is 38.3 Å². The molecule has 1 aliphatic heterocycles. The number of carbonyl (C=O) groups is 2. The first-order chi connectivity index (χ1) is 11.7. The first-order valence-electron chi connectivity index (χ1n) is 8.69. The van der Waals surface area contributed by atoms with E-state index in [4.69, 9.17) is 4.74 Å². The highest BCUT2D eigenvalue weighted by atomic mass is 16.5. The van der Waals surface area contributed by atoms with Gasteiger partial charge in [0.2, 0.25) is 5.91 Å². The molecular formula is C18H25N3O3. The Morgan fingerprint density at radius 3 is 2.83 bits per heavy atom. The molecule has 130 valence electrons. The summed E-state index contributed by atoms with van der Waals surface area (Å²) < 4.78 is 5.38. The Bertz CT molecular complexity index is 581. The smallest absolute Gasteiger partial charge is 0.253 e. The van der Waals surface area contributed by atoms with Crippen molar-refractivity contribution in [3.63, 3.8) is 0 Å². The molecule has 6 nitrogen and oxygen atoms in total. The van der Waals surface area contributed by atoms with Gasteiger partial charge in [0.1, 0.15) is 6.10 Å². The van der Waals surface area contributed by atoms with E-state index in [0.717, 1.165) is 36.6 Å². The number of carbonyl (C=O) groups excluding carboxylic acids is 2. The molecule has 1 aliphatic carbocycles. The number of anilines is 1. The van der Waals surface area contributed by atoms with Gasteiger partial charge in [-0.05, 0) is 55.8 Å². The summed E-state index contributed by atoms with van der Waals surface area (Å²) in [5.74, 6) is 0.657. The van der Waals surface area contributed by atoms with Gasteiger partial charge in [0.05, 0.1) is 6.54 Å². The van der Waals surface area contributed by atoms with Crippen molar-refractivity contribution in [3.05, 3.63) is 29.8 Å². The number of benzene rings is 1. The zero-order chi connectivity index (χ0) is 16.8. The van der Waals surface area contributed by atoms with Crippen LogP contribution in [0.25, 0.3) is 0 Å². The molecule has 1 saturated carbocycles. The van der Waals surface area contributed by atoms with Gasteiger partial charge in [0.25, 0.3) is 5.91 Å². The van der Waals surface area contributed by atoms with Crippen molar-refractivity contribution >= 4 is 17.5 Å². The Labute approximate surface area is 142 Å². The van der Waals surface area contributed by atoms with Crippen molar-refractivity contribution in [2.75, 3.05) is 25.0 Å². The molecule has 1 aromatic rings. The van der Waals surface area contributed by atoms with Crippen LogP contribution in [0.15, 0.2) is 24.3 Å². The molecule has 3 N–H and O–H groups in total. The molecule has 1 saturated heterocycles. The number of hydrogen-bond donors (Lipinski definition) is 3. The fraction of sp³-hybridized carbons (Fsp3) is 0.556. The van der Waals surface area contributed by atoms with Gasteiger partial charge in [-0.1, -0.05) is 12.1 Å². The van der Waals surface area contributed by atoms with E-state index in [0.29, 0.717) is 19.7 Å². The lowest BCUT2D eigenvalue weighted by molar-refractivity contribution is -0.124. The number of amides is 2. The fourth-order valence-electron chi connectivity index (χ4n) is 2.74. The summed E-state index contributed by atoms with van der Waals surface area (Å²) in [6, 6.07) is 7.53. The SMILES string of the molecule is O=C(CNCC1CC1)NCc1cccc(NC(=O)C2CCCO2)c1. The molecule has 2 aliphatic rings. The third-order valence-corrected chi connectivity index (χ3v) is 4.32. The molecule has 0 bridgehead atoms. The summed E-state index contributed by atoms with van der Waals surface area (Å²) in [6.07, 6.45) is 3.91. The molecule has 6 heteroatoms. The molecule has 1 heterocycles. The minimum Gasteiger partial charge on any atom is -0.368 e. The molecule has 0 aromatic heterocycles. The monoisotopic (exact) mass is 331 g/mol. The Morgan fingerprint density at radius 1 is 1.21 bits per heavy atom. The van der Waals surface area contributed by atoms with E-state index >= 15 is 0 Å². The highest BCUT2D eigenvalue weighted by Crippen LogP contribution is 2.27. The van der Waals surface area contributed by atoms with Gasteiger partial charge < -0.3 is 20.7 Å². The summed E-state index contributed by atoms with van der Waals surface area (Å²) in [6.45, 7) is 2.39. The average molecular weight is 331 g/mol. The molecule has 1 unspecified atom stereocenters. The van der Waals surface area contributed by atoms with Gasteiger partial charge in [-0.3, -0.25) is 9.59 Å². The fourth-order valence-corrected chi connectivity index (χ4v) is 2.74. The van der Waals surface area contributed by atoms with Crippen molar-refractivity contribution in [1.82, 2.24) is 10.6 Å². The van der Waals surface area contributed by atoms with Crippen molar-refractivity contribution < 1.29 is 14.3 Å². The minimum absolute atomic E-state index is 0.00977. The normalized spacial score (nSPS) is 19.9. The number of rotatable bonds is 8. The molecule has 0 spiro atoms. The molecular weight excluding hydrogens is 306 g/mol. The van der Waals surface area contributed by atoms with Crippen molar-refractivity contribution in [2.24, 2.45) is 5.92 Å². The lowest BCUT2D eigenvalue weighted by Crippen LogP contribution is -2.34. The predicted octanol–water partition coefficient (Wildman–Crippen LogP) is 1.42.